The van der Waals surface area contributed by atoms with Crippen molar-refractivity contribution in [1.29, 1.82) is 0 Å². The lowest BCUT2D eigenvalue weighted by molar-refractivity contribution is -0.139. The fourth-order valence-electron chi connectivity index (χ4n) is 5.07. The maximum atomic E-state index is 15.5. The summed E-state index contributed by atoms with van der Waals surface area (Å²) in [7, 11) is 1.65. The number of halogens is 2. The SMILES string of the molecule is CC(=O)OC/C=C1\c2c(C(=O)OC(C)(C)C)cc(F)cc2N(C(=O)OC(C)(C)C)C(c2ccc(F)cc2)C1c1ncnn1C. The van der Waals surface area contributed by atoms with E-state index in [0.717, 1.165) is 12.1 Å². The molecule has 0 fully saturated rings. The van der Waals surface area contributed by atoms with E-state index in [2.05, 4.69) is 10.1 Å². The molecule has 0 saturated heterocycles. The number of nitrogens with zero attached hydrogens (tertiary/aromatic N) is 4. The van der Waals surface area contributed by atoms with Gasteiger partial charge < -0.3 is 14.2 Å². The number of hydrogen-bond acceptors (Lipinski definition) is 8. The topological polar surface area (TPSA) is 113 Å². The molecule has 3 aromatic rings. The molecule has 2 aromatic carbocycles. The molecule has 1 aliphatic heterocycles. The zero-order valence-electron chi connectivity index (χ0n) is 26.0. The van der Waals surface area contributed by atoms with Crippen molar-refractivity contribution in [3.63, 3.8) is 0 Å². The molecule has 0 saturated carbocycles. The van der Waals surface area contributed by atoms with Crippen LogP contribution in [0.3, 0.4) is 0 Å². The highest BCUT2D eigenvalue weighted by Crippen LogP contribution is 2.54. The van der Waals surface area contributed by atoms with Crippen molar-refractivity contribution in [3.05, 3.63) is 83.0 Å². The molecule has 0 aliphatic carbocycles. The van der Waals surface area contributed by atoms with E-state index in [0.29, 0.717) is 17.0 Å². The maximum absolute atomic E-state index is 15.5. The van der Waals surface area contributed by atoms with Crippen LogP contribution >= 0.6 is 0 Å². The fraction of sp³-hybridized carbons (Fsp3) is 0.406. The third-order valence-electron chi connectivity index (χ3n) is 6.59. The summed E-state index contributed by atoms with van der Waals surface area (Å²) in [5.74, 6) is -3.25. The Morgan fingerprint density at radius 2 is 1.59 bits per heavy atom. The van der Waals surface area contributed by atoms with Gasteiger partial charge in [-0.25, -0.2) is 23.4 Å². The molecule has 1 aromatic heterocycles. The summed E-state index contributed by atoms with van der Waals surface area (Å²) in [6.45, 7) is 11.1. The van der Waals surface area contributed by atoms with Crippen LogP contribution in [-0.4, -0.2) is 50.6 Å². The smallest absolute Gasteiger partial charge is 0.415 e. The molecule has 10 nitrogen and oxygen atoms in total. The van der Waals surface area contributed by atoms with E-state index in [4.69, 9.17) is 14.2 Å². The van der Waals surface area contributed by atoms with E-state index in [1.54, 1.807) is 54.7 Å². The first kappa shape index (κ1) is 32.3. The van der Waals surface area contributed by atoms with Gasteiger partial charge >= 0.3 is 18.0 Å². The molecular formula is C32H36F2N4O6. The molecule has 2 unspecified atom stereocenters. The van der Waals surface area contributed by atoms with Crippen molar-refractivity contribution in [2.24, 2.45) is 7.05 Å². The Balaban J connectivity index is 2.15. The Morgan fingerprint density at radius 3 is 2.14 bits per heavy atom. The van der Waals surface area contributed by atoms with Crippen LogP contribution in [0.1, 0.15) is 87.7 Å². The largest absolute Gasteiger partial charge is 0.462 e. The molecule has 0 bridgehead atoms. The van der Waals surface area contributed by atoms with Crippen molar-refractivity contribution < 1.29 is 37.4 Å². The van der Waals surface area contributed by atoms with Gasteiger partial charge in [-0.05, 0) is 83.0 Å². The zero-order chi connectivity index (χ0) is 32.6. The average molecular weight is 611 g/mol. The van der Waals surface area contributed by atoms with Crippen molar-refractivity contribution >= 4 is 29.3 Å². The number of benzene rings is 2. The minimum Gasteiger partial charge on any atom is -0.462 e. The molecule has 44 heavy (non-hydrogen) atoms. The van der Waals surface area contributed by atoms with E-state index < -0.39 is 52.8 Å². The number of carbonyl (C=O) groups is 3. The van der Waals surface area contributed by atoms with Crippen molar-refractivity contribution in [2.75, 3.05) is 11.5 Å². The monoisotopic (exact) mass is 610 g/mol. The number of hydrogen-bond donors (Lipinski definition) is 0. The van der Waals surface area contributed by atoms with Crippen LogP contribution in [-0.2, 0) is 26.1 Å². The molecule has 2 heterocycles. The number of ether oxygens (including phenoxy) is 3. The van der Waals surface area contributed by atoms with Crippen LogP contribution < -0.4 is 4.90 Å². The lowest BCUT2D eigenvalue weighted by Crippen LogP contribution is -2.45. The molecule has 0 spiro atoms. The Bertz CT molecular complexity index is 1600. The number of fused-ring (bicyclic) bond motifs is 1. The van der Waals surface area contributed by atoms with Gasteiger partial charge in [-0.1, -0.05) is 12.1 Å². The van der Waals surface area contributed by atoms with Gasteiger partial charge in [-0.2, -0.15) is 5.10 Å². The Morgan fingerprint density at radius 1 is 0.955 bits per heavy atom. The van der Waals surface area contributed by atoms with Gasteiger partial charge in [0.2, 0.25) is 0 Å². The number of aromatic nitrogens is 3. The number of esters is 2. The summed E-state index contributed by atoms with van der Waals surface area (Å²) in [5.41, 5.74) is -1.06. The Kier molecular flexibility index (Phi) is 8.94. The van der Waals surface area contributed by atoms with E-state index in [-0.39, 0.29) is 23.4 Å². The standard InChI is InChI=1S/C32H36F2N4O6/c1-18(39)42-14-13-22-25-23(29(40)43-31(2,3)4)15-21(34)16-24(25)38(30(41)44-32(5,6)7)27(19-9-11-20(33)12-10-19)26(22)28-35-17-36-37(28)8/h9-13,15-17,26-27H,14H2,1-8H3/b22-13+. The van der Waals surface area contributed by atoms with E-state index in [9.17, 15) is 18.8 Å². The number of amides is 1. The van der Waals surface area contributed by atoms with Crippen molar-refractivity contribution in [2.45, 2.75) is 71.6 Å². The average Bonchev–Trinajstić information content (AvgIpc) is 3.31. The van der Waals surface area contributed by atoms with Crippen LogP contribution in [0.15, 0.2) is 48.8 Å². The first-order chi connectivity index (χ1) is 20.5. The second kappa shape index (κ2) is 12.2. The molecule has 234 valence electrons. The minimum atomic E-state index is -1.00. The van der Waals surface area contributed by atoms with E-state index in [1.165, 1.54) is 47.1 Å². The van der Waals surface area contributed by atoms with Gasteiger partial charge in [0.05, 0.1) is 23.2 Å². The molecule has 1 amide bonds. The van der Waals surface area contributed by atoms with Gasteiger partial charge in [0.15, 0.2) is 0 Å². The van der Waals surface area contributed by atoms with Crippen LogP contribution in [0, 0.1) is 11.6 Å². The second-order valence-electron chi connectivity index (χ2n) is 12.4. The van der Waals surface area contributed by atoms with Crippen molar-refractivity contribution in [1.82, 2.24) is 14.8 Å². The van der Waals surface area contributed by atoms with Crippen molar-refractivity contribution in [3.8, 4) is 0 Å². The van der Waals surface area contributed by atoms with Crippen LogP contribution in [0.2, 0.25) is 0 Å². The summed E-state index contributed by atoms with van der Waals surface area (Å²) >= 11 is 0. The first-order valence-electron chi connectivity index (χ1n) is 14.0. The third kappa shape index (κ3) is 7.12. The van der Waals surface area contributed by atoms with Gasteiger partial charge in [0.25, 0.3) is 0 Å². The molecule has 0 N–H and O–H groups in total. The molecule has 1 aliphatic rings. The zero-order valence-corrected chi connectivity index (χ0v) is 26.0. The highest BCUT2D eigenvalue weighted by atomic mass is 19.1. The molecule has 0 radical (unpaired) electrons. The molecule has 12 heteroatoms. The Labute approximate surface area is 254 Å². The highest BCUT2D eigenvalue weighted by molar-refractivity contribution is 6.05. The summed E-state index contributed by atoms with van der Waals surface area (Å²) in [6.07, 6.45) is 2.06. The lowest BCUT2D eigenvalue weighted by Gasteiger charge is -2.44. The van der Waals surface area contributed by atoms with E-state index in [1.807, 2.05) is 0 Å². The van der Waals surface area contributed by atoms with Crippen LogP contribution in [0.5, 0.6) is 0 Å². The number of rotatable bonds is 5. The lowest BCUT2D eigenvalue weighted by atomic mass is 9.75. The summed E-state index contributed by atoms with van der Waals surface area (Å²) in [5, 5.41) is 4.23. The minimum absolute atomic E-state index is 0.00178. The maximum Gasteiger partial charge on any atom is 0.415 e. The van der Waals surface area contributed by atoms with Gasteiger partial charge in [-0.15, -0.1) is 0 Å². The quantitative estimate of drug-likeness (QED) is 0.245. The van der Waals surface area contributed by atoms with Gasteiger partial charge in [-0.3, -0.25) is 14.4 Å². The summed E-state index contributed by atoms with van der Waals surface area (Å²) in [4.78, 5) is 45.3. The third-order valence-corrected chi connectivity index (χ3v) is 6.59. The highest BCUT2D eigenvalue weighted by Gasteiger charge is 2.47. The summed E-state index contributed by atoms with van der Waals surface area (Å²) < 4.78 is 47.9. The number of anilines is 1. The Hall–Kier alpha value is -4.61. The number of carbonyl (C=O) groups excluding carboxylic acids is 3. The van der Waals surface area contributed by atoms with Crippen LogP contribution in [0.4, 0.5) is 19.3 Å². The van der Waals surface area contributed by atoms with E-state index >= 15 is 4.39 Å². The molecule has 2 atom stereocenters. The van der Waals surface area contributed by atoms with Gasteiger partial charge in [0.1, 0.15) is 41.6 Å². The summed E-state index contributed by atoms with van der Waals surface area (Å²) in [6, 6.07) is 6.64. The predicted octanol–water partition coefficient (Wildman–Crippen LogP) is 6.28. The predicted molar refractivity (Wildman–Crippen MR) is 158 cm³/mol. The normalized spacial score (nSPS) is 17.7. The first-order valence-corrected chi connectivity index (χ1v) is 14.0. The fourth-order valence-corrected chi connectivity index (χ4v) is 5.07. The van der Waals surface area contributed by atoms with Gasteiger partial charge in [0, 0.05) is 19.5 Å². The number of aryl methyl sites for hydroxylation is 1. The molecular weight excluding hydrogens is 574 g/mol. The molecule has 4 rings (SSSR count). The second-order valence-corrected chi connectivity index (χ2v) is 12.4. The van der Waals surface area contributed by atoms with Crippen LogP contribution in [0.25, 0.3) is 5.57 Å².